The van der Waals surface area contributed by atoms with Crippen molar-refractivity contribution in [1.29, 1.82) is 0 Å². The third kappa shape index (κ3) is 4.31. The molecule has 1 N–H and O–H groups in total. The number of rotatable bonds is 5. The highest BCUT2D eigenvalue weighted by Gasteiger charge is 2.35. The summed E-state index contributed by atoms with van der Waals surface area (Å²) < 4.78 is 4.93. The molecule has 1 amide bonds. The number of esters is 1. The summed E-state index contributed by atoms with van der Waals surface area (Å²) in [6.07, 6.45) is 0.467. The van der Waals surface area contributed by atoms with Gasteiger partial charge in [0.2, 0.25) is 5.91 Å². The molecule has 5 nitrogen and oxygen atoms in total. The van der Waals surface area contributed by atoms with E-state index in [1.165, 1.54) is 7.11 Å². The first-order valence-corrected chi connectivity index (χ1v) is 9.31. The molecule has 2 aromatic rings. The number of carbonyl (C=O) groups excluding carboxylic acids is 2. The Kier molecular flexibility index (Phi) is 6.14. The molecule has 27 heavy (non-hydrogen) atoms. The Bertz CT molecular complexity index is 840. The summed E-state index contributed by atoms with van der Waals surface area (Å²) in [5, 5.41) is 3.87. The monoisotopic (exact) mass is 386 g/mol. The molecule has 0 saturated heterocycles. The summed E-state index contributed by atoms with van der Waals surface area (Å²) in [4.78, 5) is 26.7. The first kappa shape index (κ1) is 19.4. The van der Waals surface area contributed by atoms with Gasteiger partial charge in [0.1, 0.15) is 6.04 Å². The SMILES string of the molecule is COC(=O)C1Cc2ccccc2CN1C(=O)CNC(C)c1ccccc1Cl. The van der Waals surface area contributed by atoms with Gasteiger partial charge in [-0.1, -0.05) is 54.1 Å². The van der Waals surface area contributed by atoms with E-state index in [-0.39, 0.29) is 18.5 Å². The molecule has 6 heteroatoms. The molecule has 2 aromatic carbocycles. The zero-order chi connectivity index (χ0) is 19.4. The molecule has 0 bridgehead atoms. The number of nitrogens with one attached hydrogen (secondary N) is 1. The van der Waals surface area contributed by atoms with Gasteiger partial charge in [0, 0.05) is 24.0 Å². The summed E-state index contributed by atoms with van der Waals surface area (Å²) in [5.74, 6) is -0.532. The Morgan fingerprint density at radius 3 is 2.56 bits per heavy atom. The van der Waals surface area contributed by atoms with E-state index in [4.69, 9.17) is 16.3 Å². The molecule has 1 heterocycles. The third-order valence-corrected chi connectivity index (χ3v) is 5.32. The molecule has 0 spiro atoms. The molecule has 0 aliphatic carbocycles. The molecule has 2 atom stereocenters. The van der Waals surface area contributed by atoms with Gasteiger partial charge in [0.05, 0.1) is 13.7 Å². The summed E-state index contributed by atoms with van der Waals surface area (Å²) in [6.45, 7) is 2.47. The van der Waals surface area contributed by atoms with Crippen LogP contribution in [0, 0.1) is 0 Å². The van der Waals surface area contributed by atoms with Crippen molar-refractivity contribution in [3.8, 4) is 0 Å². The summed E-state index contributed by atoms with van der Waals surface area (Å²) in [5.41, 5.74) is 3.07. The molecule has 2 unspecified atom stereocenters. The second-order valence-corrected chi connectivity index (χ2v) is 7.06. The van der Waals surface area contributed by atoms with Crippen LogP contribution in [0.1, 0.15) is 29.7 Å². The fourth-order valence-corrected chi connectivity index (χ4v) is 3.71. The molecule has 142 valence electrons. The van der Waals surface area contributed by atoms with Crippen molar-refractivity contribution in [1.82, 2.24) is 10.2 Å². The normalized spacial score (nSPS) is 17.1. The van der Waals surface area contributed by atoms with E-state index < -0.39 is 12.0 Å². The summed E-state index contributed by atoms with van der Waals surface area (Å²) in [7, 11) is 1.35. The summed E-state index contributed by atoms with van der Waals surface area (Å²) in [6, 6.07) is 14.7. The maximum Gasteiger partial charge on any atom is 0.328 e. The first-order valence-electron chi connectivity index (χ1n) is 8.93. The quantitative estimate of drug-likeness (QED) is 0.802. The predicted molar refractivity (Wildman–Crippen MR) is 104 cm³/mol. The highest BCUT2D eigenvalue weighted by molar-refractivity contribution is 6.31. The standard InChI is InChI=1S/C21H23ClN2O3/c1-14(17-9-5-6-10-18(17)22)23-12-20(25)24-13-16-8-4-3-7-15(16)11-19(24)21(26)27-2/h3-10,14,19,23H,11-13H2,1-2H3. The lowest BCUT2D eigenvalue weighted by molar-refractivity contribution is -0.153. The highest BCUT2D eigenvalue weighted by Crippen LogP contribution is 2.25. The molecular weight excluding hydrogens is 364 g/mol. The Hall–Kier alpha value is -2.37. The number of hydrogen-bond acceptors (Lipinski definition) is 4. The van der Waals surface area contributed by atoms with Crippen LogP contribution >= 0.6 is 11.6 Å². The maximum absolute atomic E-state index is 12.9. The van der Waals surface area contributed by atoms with Crippen molar-refractivity contribution in [2.45, 2.75) is 32.0 Å². The smallest absolute Gasteiger partial charge is 0.328 e. The summed E-state index contributed by atoms with van der Waals surface area (Å²) >= 11 is 6.23. The number of fused-ring (bicyclic) bond motifs is 1. The predicted octanol–water partition coefficient (Wildman–Crippen LogP) is 3.12. The Morgan fingerprint density at radius 2 is 1.85 bits per heavy atom. The van der Waals surface area contributed by atoms with E-state index in [1.54, 1.807) is 4.90 Å². The van der Waals surface area contributed by atoms with Crippen LogP contribution in [0.4, 0.5) is 0 Å². The molecule has 1 aliphatic rings. The minimum Gasteiger partial charge on any atom is -0.467 e. The highest BCUT2D eigenvalue weighted by atomic mass is 35.5. The Labute approximate surface area is 164 Å². The van der Waals surface area contributed by atoms with Crippen LogP contribution in [0.3, 0.4) is 0 Å². The van der Waals surface area contributed by atoms with Crippen LogP contribution in [0.15, 0.2) is 48.5 Å². The lowest BCUT2D eigenvalue weighted by atomic mass is 9.94. The van der Waals surface area contributed by atoms with Gasteiger partial charge < -0.3 is 15.0 Å². The van der Waals surface area contributed by atoms with Crippen LogP contribution in [0.2, 0.25) is 5.02 Å². The largest absolute Gasteiger partial charge is 0.467 e. The van der Waals surface area contributed by atoms with Crippen molar-refractivity contribution in [3.63, 3.8) is 0 Å². The molecule has 0 radical (unpaired) electrons. The van der Waals surface area contributed by atoms with Gasteiger partial charge in [-0.05, 0) is 29.7 Å². The number of benzene rings is 2. The Balaban J connectivity index is 1.72. The number of hydrogen-bond donors (Lipinski definition) is 1. The topological polar surface area (TPSA) is 58.6 Å². The number of ether oxygens (including phenoxy) is 1. The minimum absolute atomic E-state index is 0.0868. The number of halogens is 1. The molecule has 0 saturated carbocycles. The lowest BCUT2D eigenvalue weighted by Gasteiger charge is -2.35. The van der Waals surface area contributed by atoms with E-state index in [2.05, 4.69) is 5.32 Å². The van der Waals surface area contributed by atoms with Crippen LogP contribution in [-0.4, -0.2) is 36.5 Å². The maximum atomic E-state index is 12.9. The second kappa shape index (κ2) is 8.55. The number of nitrogens with zero attached hydrogens (tertiary/aromatic N) is 1. The van der Waals surface area contributed by atoms with Gasteiger partial charge >= 0.3 is 5.97 Å². The van der Waals surface area contributed by atoms with Gasteiger partial charge in [-0.15, -0.1) is 0 Å². The second-order valence-electron chi connectivity index (χ2n) is 6.66. The van der Waals surface area contributed by atoms with Crippen molar-refractivity contribution >= 4 is 23.5 Å². The third-order valence-electron chi connectivity index (χ3n) is 4.97. The fourth-order valence-electron chi connectivity index (χ4n) is 3.41. The molecule has 3 rings (SSSR count). The molecule has 0 fully saturated rings. The van der Waals surface area contributed by atoms with Gasteiger partial charge in [-0.2, -0.15) is 0 Å². The van der Waals surface area contributed by atoms with Crippen LogP contribution in [0.25, 0.3) is 0 Å². The van der Waals surface area contributed by atoms with E-state index in [9.17, 15) is 9.59 Å². The number of methoxy groups -OCH3 is 1. The average molecular weight is 387 g/mol. The van der Waals surface area contributed by atoms with Gasteiger partial charge in [-0.25, -0.2) is 4.79 Å². The zero-order valence-electron chi connectivity index (χ0n) is 15.4. The lowest BCUT2D eigenvalue weighted by Crippen LogP contribution is -2.51. The average Bonchev–Trinajstić information content (AvgIpc) is 2.70. The molecule has 1 aliphatic heterocycles. The van der Waals surface area contributed by atoms with Crippen molar-refractivity contribution < 1.29 is 14.3 Å². The van der Waals surface area contributed by atoms with E-state index in [1.807, 2.05) is 55.5 Å². The van der Waals surface area contributed by atoms with Crippen LogP contribution in [-0.2, 0) is 27.3 Å². The number of amides is 1. The zero-order valence-corrected chi connectivity index (χ0v) is 16.2. The van der Waals surface area contributed by atoms with E-state index in [0.717, 1.165) is 16.7 Å². The fraction of sp³-hybridized carbons (Fsp3) is 0.333. The van der Waals surface area contributed by atoms with E-state index >= 15 is 0 Å². The van der Waals surface area contributed by atoms with Gasteiger partial charge in [-0.3, -0.25) is 4.79 Å². The minimum atomic E-state index is -0.602. The molecule has 0 aromatic heterocycles. The van der Waals surface area contributed by atoms with Crippen molar-refractivity contribution in [2.24, 2.45) is 0 Å². The Morgan fingerprint density at radius 1 is 1.19 bits per heavy atom. The van der Waals surface area contributed by atoms with Crippen molar-refractivity contribution in [2.75, 3.05) is 13.7 Å². The van der Waals surface area contributed by atoms with E-state index in [0.29, 0.717) is 18.0 Å². The first-order chi connectivity index (χ1) is 13.0. The van der Waals surface area contributed by atoms with Crippen LogP contribution < -0.4 is 5.32 Å². The molecular formula is C21H23ClN2O3. The van der Waals surface area contributed by atoms with Crippen molar-refractivity contribution in [3.05, 3.63) is 70.2 Å². The van der Waals surface area contributed by atoms with Gasteiger partial charge in [0.15, 0.2) is 0 Å². The van der Waals surface area contributed by atoms with Crippen LogP contribution in [0.5, 0.6) is 0 Å². The number of carbonyl (C=O) groups is 2. The van der Waals surface area contributed by atoms with Gasteiger partial charge in [0.25, 0.3) is 0 Å².